The molecule has 0 aromatic heterocycles. The van der Waals surface area contributed by atoms with Crippen molar-refractivity contribution < 1.29 is 18.7 Å². The van der Waals surface area contributed by atoms with Crippen molar-refractivity contribution in [2.45, 2.75) is 12.8 Å². The Labute approximate surface area is 135 Å². The second-order valence-corrected chi connectivity index (χ2v) is 5.60. The van der Waals surface area contributed by atoms with Crippen molar-refractivity contribution in [2.75, 3.05) is 38.7 Å². The lowest BCUT2D eigenvalue weighted by atomic mass is 9.97. The van der Waals surface area contributed by atoms with E-state index in [0.717, 1.165) is 12.8 Å². The number of methoxy groups -OCH3 is 1. The standard InChI is InChI=1S/C16H22FN3O3/c1-23-11-15(21)18-10-12-6-8-20(9-7-12)16(22)19-14-4-2-13(17)3-5-14/h2-5,12H,6-11H2,1H3,(H,18,21)(H,19,22). The lowest BCUT2D eigenvalue weighted by molar-refractivity contribution is -0.124. The second-order valence-electron chi connectivity index (χ2n) is 5.60. The Bertz CT molecular complexity index is 528. The van der Waals surface area contributed by atoms with Crippen LogP contribution in [0.25, 0.3) is 0 Å². The summed E-state index contributed by atoms with van der Waals surface area (Å²) in [5.74, 6) is -0.0889. The molecule has 1 fully saturated rings. The second kappa shape index (κ2) is 8.47. The topological polar surface area (TPSA) is 70.7 Å². The molecule has 1 aromatic carbocycles. The zero-order valence-electron chi connectivity index (χ0n) is 13.2. The minimum absolute atomic E-state index is 0.0684. The molecule has 0 aliphatic carbocycles. The molecule has 0 spiro atoms. The third-order valence-electron chi connectivity index (χ3n) is 3.86. The quantitative estimate of drug-likeness (QED) is 0.868. The van der Waals surface area contributed by atoms with Crippen LogP contribution in [0.1, 0.15) is 12.8 Å². The number of anilines is 1. The average Bonchev–Trinajstić information content (AvgIpc) is 2.56. The number of likely N-dealkylation sites (tertiary alicyclic amines) is 1. The Kier molecular flexibility index (Phi) is 6.34. The largest absolute Gasteiger partial charge is 0.375 e. The van der Waals surface area contributed by atoms with Crippen LogP contribution in [0.4, 0.5) is 14.9 Å². The lowest BCUT2D eigenvalue weighted by Gasteiger charge is -2.32. The molecule has 2 N–H and O–H groups in total. The van der Waals surface area contributed by atoms with Gasteiger partial charge in [0, 0.05) is 32.4 Å². The Hall–Kier alpha value is -2.15. The predicted molar refractivity (Wildman–Crippen MR) is 84.6 cm³/mol. The van der Waals surface area contributed by atoms with Gasteiger partial charge in [-0.05, 0) is 43.0 Å². The highest BCUT2D eigenvalue weighted by atomic mass is 19.1. The summed E-state index contributed by atoms with van der Waals surface area (Å²) >= 11 is 0. The Morgan fingerprint density at radius 2 is 1.91 bits per heavy atom. The van der Waals surface area contributed by atoms with Gasteiger partial charge in [0.15, 0.2) is 0 Å². The molecular formula is C16H22FN3O3. The molecule has 0 radical (unpaired) electrons. The van der Waals surface area contributed by atoms with Crippen molar-refractivity contribution in [2.24, 2.45) is 5.92 Å². The SMILES string of the molecule is COCC(=O)NCC1CCN(C(=O)Nc2ccc(F)cc2)CC1. The van der Waals surface area contributed by atoms with Gasteiger partial charge in [0.1, 0.15) is 12.4 Å². The van der Waals surface area contributed by atoms with Crippen LogP contribution in [0.15, 0.2) is 24.3 Å². The molecule has 0 unspecified atom stereocenters. The van der Waals surface area contributed by atoms with E-state index >= 15 is 0 Å². The number of carbonyl (C=O) groups is 2. The van der Waals surface area contributed by atoms with Gasteiger partial charge in [-0.25, -0.2) is 9.18 Å². The minimum atomic E-state index is -0.334. The van der Waals surface area contributed by atoms with E-state index in [2.05, 4.69) is 10.6 Å². The van der Waals surface area contributed by atoms with Gasteiger partial charge >= 0.3 is 6.03 Å². The number of halogens is 1. The molecule has 1 saturated heterocycles. The van der Waals surface area contributed by atoms with E-state index in [1.807, 2.05) is 0 Å². The number of benzene rings is 1. The molecule has 2 rings (SSSR count). The van der Waals surface area contributed by atoms with E-state index in [0.29, 0.717) is 31.2 Å². The van der Waals surface area contributed by atoms with E-state index < -0.39 is 0 Å². The molecule has 0 saturated carbocycles. The van der Waals surface area contributed by atoms with Gasteiger partial charge in [0.2, 0.25) is 5.91 Å². The van der Waals surface area contributed by atoms with Gasteiger partial charge in [0.05, 0.1) is 0 Å². The summed E-state index contributed by atoms with van der Waals surface area (Å²) in [5, 5.41) is 5.58. The van der Waals surface area contributed by atoms with Crippen LogP contribution in [0.3, 0.4) is 0 Å². The normalized spacial score (nSPS) is 15.3. The van der Waals surface area contributed by atoms with Gasteiger partial charge in [-0.3, -0.25) is 4.79 Å². The number of hydrogen-bond acceptors (Lipinski definition) is 3. The summed E-state index contributed by atoms with van der Waals surface area (Å²) in [4.78, 5) is 25.2. The van der Waals surface area contributed by atoms with Gasteiger partial charge in [-0.15, -0.1) is 0 Å². The molecule has 0 bridgehead atoms. The monoisotopic (exact) mass is 323 g/mol. The van der Waals surface area contributed by atoms with Crippen LogP contribution in [0.2, 0.25) is 0 Å². The Morgan fingerprint density at radius 1 is 1.26 bits per heavy atom. The predicted octanol–water partition coefficient (Wildman–Crippen LogP) is 1.83. The number of amides is 3. The molecule has 0 atom stereocenters. The smallest absolute Gasteiger partial charge is 0.321 e. The third-order valence-corrected chi connectivity index (χ3v) is 3.86. The molecule has 1 heterocycles. The molecule has 1 aliphatic rings. The first-order valence-electron chi connectivity index (χ1n) is 7.65. The van der Waals surface area contributed by atoms with Crippen molar-refractivity contribution in [3.05, 3.63) is 30.1 Å². The van der Waals surface area contributed by atoms with Gasteiger partial charge in [0.25, 0.3) is 0 Å². The van der Waals surface area contributed by atoms with Crippen LogP contribution < -0.4 is 10.6 Å². The van der Waals surface area contributed by atoms with E-state index in [1.165, 1.54) is 31.4 Å². The Balaban J connectivity index is 1.72. The zero-order valence-corrected chi connectivity index (χ0v) is 13.2. The van der Waals surface area contributed by atoms with Gasteiger partial charge < -0.3 is 20.3 Å². The highest BCUT2D eigenvalue weighted by Gasteiger charge is 2.23. The molecule has 23 heavy (non-hydrogen) atoms. The summed E-state index contributed by atoms with van der Waals surface area (Å²) in [7, 11) is 1.48. The highest BCUT2D eigenvalue weighted by Crippen LogP contribution is 2.18. The maximum absolute atomic E-state index is 12.8. The number of rotatable bonds is 5. The summed E-state index contributed by atoms with van der Waals surface area (Å²) in [6.07, 6.45) is 1.67. The molecule has 6 nitrogen and oxygen atoms in total. The average molecular weight is 323 g/mol. The van der Waals surface area contributed by atoms with Crippen molar-refractivity contribution in [3.63, 3.8) is 0 Å². The molecule has 1 aromatic rings. The molecular weight excluding hydrogens is 301 g/mol. The number of carbonyl (C=O) groups excluding carboxylic acids is 2. The summed E-state index contributed by atoms with van der Waals surface area (Å²) in [6.45, 7) is 1.95. The molecule has 7 heteroatoms. The summed E-state index contributed by atoms with van der Waals surface area (Å²) < 4.78 is 17.6. The fraction of sp³-hybridized carbons (Fsp3) is 0.500. The number of nitrogens with zero attached hydrogens (tertiary/aromatic N) is 1. The van der Waals surface area contributed by atoms with Crippen LogP contribution in [0.5, 0.6) is 0 Å². The Morgan fingerprint density at radius 3 is 2.52 bits per heavy atom. The summed E-state index contributed by atoms with van der Waals surface area (Å²) in [5.41, 5.74) is 0.574. The first-order chi connectivity index (χ1) is 11.1. The first kappa shape index (κ1) is 17.2. The number of urea groups is 1. The third kappa shape index (κ3) is 5.52. The van der Waals surface area contributed by atoms with Gasteiger partial charge in [-0.1, -0.05) is 0 Å². The van der Waals surface area contributed by atoms with Crippen molar-refractivity contribution in [3.8, 4) is 0 Å². The van der Waals surface area contributed by atoms with E-state index in [9.17, 15) is 14.0 Å². The zero-order chi connectivity index (χ0) is 16.7. The van der Waals surface area contributed by atoms with E-state index in [-0.39, 0.29) is 24.4 Å². The van der Waals surface area contributed by atoms with Crippen molar-refractivity contribution in [1.29, 1.82) is 0 Å². The fourth-order valence-corrected chi connectivity index (χ4v) is 2.52. The highest BCUT2D eigenvalue weighted by molar-refractivity contribution is 5.89. The number of nitrogens with one attached hydrogen (secondary N) is 2. The number of hydrogen-bond donors (Lipinski definition) is 2. The molecule has 3 amide bonds. The van der Waals surface area contributed by atoms with Crippen LogP contribution in [-0.4, -0.2) is 50.2 Å². The van der Waals surface area contributed by atoms with Gasteiger partial charge in [-0.2, -0.15) is 0 Å². The molecule has 1 aliphatic heterocycles. The lowest BCUT2D eigenvalue weighted by Crippen LogP contribution is -2.43. The van der Waals surface area contributed by atoms with E-state index in [4.69, 9.17) is 4.74 Å². The van der Waals surface area contributed by atoms with Crippen LogP contribution >= 0.6 is 0 Å². The van der Waals surface area contributed by atoms with Crippen LogP contribution in [0, 0.1) is 11.7 Å². The maximum atomic E-state index is 12.8. The minimum Gasteiger partial charge on any atom is -0.375 e. The number of ether oxygens (including phenoxy) is 1. The fourth-order valence-electron chi connectivity index (χ4n) is 2.52. The van der Waals surface area contributed by atoms with Crippen LogP contribution in [-0.2, 0) is 9.53 Å². The van der Waals surface area contributed by atoms with Crippen molar-refractivity contribution >= 4 is 17.6 Å². The first-order valence-corrected chi connectivity index (χ1v) is 7.65. The maximum Gasteiger partial charge on any atom is 0.321 e. The molecule has 126 valence electrons. The summed E-state index contributed by atoms with van der Waals surface area (Å²) in [6, 6.07) is 5.50. The van der Waals surface area contributed by atoms with Crippen molar-refractivity contribution in [1.82, 2.24) is 10.2 Å². The number of piperidine rings is 1. The van der Waals surface area contributed by atoms with E-state index in [1.54, 1.807) is 4.90 Å².